The lowest BCUT2D eigenvalue weighted by Gasteiger charge is -2.15. The first-order valence-corrected chi connectivity index (χ1v) is 9.55. The van der Waals surface area contributed by atoms with Crippen LogP contribution in [0.3, 0.4) is 0 Å². The number of rotatable bonds is 6. The number of thioether (sulfide) groups is 1. The highest BCUT2D eigenvalue weighted by atomic mass is 79.9. The van der Waals surface area contributed by atoms with Gasteiger partial charge in [0.05, 0.1) is 18.0 Å². The van der Waals surface area contributed by atoms with Gasteiger partial charge >= 0.3 is 0 Å². The van der Waals surface area contributed by atoms with Crippen LogP contribution in [0.15, 0.2) is 39.8 Å². The predicted molar refractivity (Wildman–Crippen MR) is 97.9 cm³/mol. The summed E-state index contributed by atoms with van der Waals surface area (Å²) in [6.45, 7) is 4.22. The first-order chi connectivity index (χ1) is 11.0. The Hall–Kier alpha value is -1.27. The Morgan fingerprint density at radius 3 is 2.96 bits per heavy atom. The highest BCUT2D eigenvalue weighted by molar-refractivity contribution is 9.10. The van der Waals surface area contributed by atoms with Gasteiger partial charge < -0.3 is 5.32 Å². The summed E-state index contributed by atoms with van der Waals surface area (Å²) in [5, 5.41) is 7.35. The second-order valence-corrected chi connectivity index (χ2v) is 7.92. The van der Waals surface area contributed by atoms with E-state index in [1.54, 1.807) is 18.0 Å². The minimum absolute atomic E-state index is 0.00191. The number of carbonyl (C=O) groups excluding carboxylic acids is 1. The maximum atomic E-state index is 12.2. The van der Waals surface area contributed by atoms with Crippen molar-refractivity contribution in [3.8, 4) is 0 Å². The molecule has 1 aromatic carbocycles. The van der Waals surface area contributed by atoms with Crippen molar-refractivity contribution in [1.82, 2.24) is 9.78 Å². The van der Waals surface area contributed by atoms with Gasteiger partial charge in [0.25, 0.3) is 0 Å². The van der Waals surface area contributed by atoms with Crippen molar-refractivity contribution in [3.63, 3.8) is 0 Å². The van der Waals surface area contributed by atoms with Crippen LogP contribution in [0.1, 0.15) is 31.4 Å². The van der Waals surface area contributed by atoms with E-state index in [1.165, 1.54) is 18.4 Å². The zero-order valence-corrected chi connectivity index (χ0v) is 15.7. The molecule has 0 aliphatic heterocycles. The Morgan fingerprint density at radius 1 is 1.48 bits per heavy atom. The van der Waals surface area contributed by atoms with Crippen molar-refractivity contribution >= 4 is 39.4 Å². The molecule has 6 heteroatoms. The van der Waals surface area contributed by atoms with Crippen molar-refractivity contribution < 1.29 is 4.79 Å². The van der Waals surface area contributed by atoms with Crippen molar-refractivity contribution in [3.05, 3.63) is 40.5 Å². The summed E-state index contributed by atoms with van der Waals surface area (Å²) < 4.78 is 2.99. The van der Waals surface area contributed by atoms with E-state index in [4.69, 9.17) is 0 Å². The third-order valence-electron chi connectivity index (χ3n) is 4.12. The van der Waals surface area contributed by atoms with Crippen LogP contribution < -0.4 is 5.32 Å². The SMILES string of the molecule is Cc1cc(Br)ccc1SCC(=O)Nc1ccnn1C(C)C1CC1. The van der Waals surface area contributed by atoms with E-state index in [0.717, 1.165) is 15.2 Å². The molecule has 2 aromatic rings. The minimum Gasteiger partial charge on any atom is -0.310 e. The van der Waals surface area contributed by atoms with Crippen LogP contribution in [0, 0.1) is 12.8 Å². The second kappa shape index (κ2) is 7.09. The Balaban J connectivity index is 1.58. The van der Waals surface area contributed by atoms with Gasteiger partial charge in [-0.2, -0.15) is 5.10 Å². The van der Waals surface area contributed by atoms with E-state index in [2.05, 4.69) is 46.3 Å². The first kappa shape index (κ1) is 16.6. The Bertz CT molecular complexity index is 712. The number of nitrogens with one attached hydrogen (secondary N) is 1. The summed E-state index contributed by atoms with van der Waals surface area (Å²) in [6, 6.07) is 8.32. The molecule has 0 spiro atoms. The lowest BCUT2D eigenvalue weighted by atomic mass is 10.2. The van der Waals surface area contributed by atoms with Crippen LogP contribution in [0.5, 0.6) is 0 Å². The molecule has 1 unspecified atom stereocenters. The molecule has 1 fully saturated rings. The summed E-state index contributed by atoms with van der Waals surface area (Å²) in [6.07, 6.45) is 4.26. The second-order valence-electron chi connectivity index (χ2n) is 5.99. The molecule has 1 aliphatic rings. The molecular formula is C17H20BrN3OS. The fraction of sp³-hybridized carbons (Fsp3) is 0.412. The van der Waals surface area contributed by atoms with Crippen LogP contribution in [-0.4, -0.2) is 21.4 Å². The molecule has 23 heavy (non-hydrogen) atoms. The number of hydrogen-bond donors (Lipinski definition) is 1. The highest BCUT2D eigenvalue weighted by Gasteiger charge is 2.30. The first-order valence-electron chi connectivity index (χ1n) is 7.77. The molecule has 1 amide bonds. The molecule has 122 valence electrons. The van der Waals surface area contributed by atoms with Crippen molar-refractivity contribution in [1.29, 1.82) is 0 Å². The van der Waals surface area contributed by atoms with Gasteiger partial charge in [-0.1, -0.05) is 15.9 Å². The third kappa shape index (κ3) is 4.18. The molecule has 1 heterocycles. The summed E-state index contributed by atoms with van der Waals surface area (Å²) >= 11 is 5.01. The van der Waals surface area contributed by atoms with Crippen LogP contribution in [-0.2, 0) is 4.79 Å². The molecular weight excluding hydrogens is 374 g/mol. The Kier molecular flexibility index (Phi) is 5.11. The molecule has 1 aliphatic carbocycles. The van der Waals surface area contributed by atoms with Gasteiger partial charge in [-0.25, -0.2) is 4.68 Å². The summed E-state index contributed by atoms with van der Waals surface area (Å²) in [5.41, 5.74) is 1.17. The van der Waals surface area contributed by atoms with Gasteiger partial charge in [-0.05, 0) is 56.4 Å². The molecule has 1 atom stereocenters. The van der Waals surface area contributed by atoms with Crippen molar-refractivity contribution in [2.75, 3.05) is 11.1 Å². The fourth-order valence-corrected chi connectivity index (χ4v) is 3.90. The molecule has 1 aromatic heterocycles. The number of carbonyl (C=O) groups is 1. The lowest BCUT2D eigenvalue weighted by Crippen LogP contribution is -2.19. The van der Waals surface area contributed by atoms with E-state index in [1.807, 2.05) is 22.9 Å². The largest absolute Gasteiger partial charge is 0.310 e. The van der Waals surface area contributed by atoms with E-state index < -0.39 is 0 Å². The fourth-order valence-electron chi connectivity index (χ4n) is 2.61. The third-order valence-corrected chi connectivity index (χ3v) is 5.79. The quantitative estimate of drug-likeness (QED) is 0.726. The number of aromatic nitrogens is 2. The molecule has 1 N–H and O–H groups in total. The average Bonchev–Trinajstić information content (AvgIpc) is 3.26. The van der Waals surface area contributed by atoms with Crippen LogP contribution in [0.4, 0.5) is 5.82 Å². The van der Waals surface area contributed by atoms with Crippen molar-refractivity contribution in [2.45, 2.75) is 37.6 Å². The standard InChI is InChI=1S/C17H20BrN3OS/c1-11-9-14(18)5-6-15(11)23-10-17(22)20-16-7-8-19-21(16)12(2)13-3-4-13/h5-9,12-13H,3-4,10H2,1-2H3,(H,20,22). The van der Waals surface area contributed by atoms with Crippen molar-refractivity contribution in [2.24, 2.45) is 5.92 Å². The topological polar surface area (TPSA) is 46.9 Å². The minimum atomic E-state index is 0.00191. The predicted octanol–water partition coefficient (Wildman–Crippen LogP) is 4.66. The molecule has 3 rings (SSSR count). The van der Waals surface area contributed by atoms with Gasteiger partial charge in [0.1, 0.15) is 5.82 Å². The monoisotopic (exact) mass is 393 g/mol. The molecule has 1 saturated carbocycles. The summed E-state index contributed by atoms with van der Waals surface area (Å²) in [4.78, 5) is 13.4. The number of hydrogen-bond acceptors (Lipinski definition) is 3. The van der Waals surface area contributed by atoms with Gasteiger partial charge in [0, 0.05) is 15.4 Å². The Morgan fingerprint density at radius 2 is 2.26 bits per heavy atom. The average molecular weight is 394 g/mol. The summed E-state index contributed by atoms with van der Waals surface area (Å²) in [5.74, 6) is 1.89. The van der Waals surface area contributed by atoms with E-state index in [0.29, 0.717) is 17.7 Å². The highest BCUT2D eigenvalue weighted by Crippen LogP contribution is 2.40. The van der Waals surface area contributed by atoms with E-state index >= 15 is 0 Å². The number of nitrogens with zero attached hydrogens (tertiary/aromatic N) is 2. The lowest BCUT2D eigenvalue weighted by molar-refractivity contribution is -0.113. The van der Waals surface area contributed by atoms with Crippen LogP contribution in [0.2, 0.25) is 0 Å². The van der Waals surface area contributed by atoms with Gasteiger partial charge in [-0.3, -0.25) is 4.79 Å². The number of anilines is 1. The van der Waals surface area contributed by atoms with E-state index in [-0.39, 0.29) is 5.91 Å². The number of halogens is 1. The van der Waals surface area contributed by atoms with E-state index in [9.17, 15) is 4.79 Å². The van der Waals surface area contributed by atoms with Crippen LogP contribution >= 0.6 is 27.7 Å². The zero-order valence-electron chi connectivity index (χ0n) is 13.3. The maximum absolute atomic E-state index is 12.2. The van der Waals surface area contributed by atoms with Gasteiger partial charge in [0.15, 0.2) is 0 Å². The summed E-state index contributed by atoms with van der Waals surface area (Å²) in [7, 11) is 0. The Labute approximate surface area is 149 Å². The van der Waals surface area contributed by atoms with Crippen LogP contribution in [0.25, 0.3) is 0 Å². The number of amides is 1. The normalized spacial score (nSPS) is 15.4. The number of aryl methyl sites for hydroxylation is 1. The molecule has 0 bridgehead atoms. The number of benzene rings is 1. The smallest absolute Gasteiger partial charge is 0.235 e. The molecule has 0 saturated heterocycles. The molecule has 4 nitrogen and oxygen atoms in total. The zero-order chi connectivity index (χ0) is 16.4. The van der Waals surface area contributed by atoms with Gasteiger partial charge in [-0.15, -0.1) is 11.8 Å². The molecule has 0 radical (unpaired) electrons. The maximum Gasteiger partial charge on any atom is 0.235 e. The van der Waals surface area contributed by atoms with Gasteiger partial charge in [0.2, 0.25) is 5.91 Å².